The van der Waals surface area contributed by atoms with Gasteiger partial charge in [-0.2, -0.15) is 0 Å². The van der Waals surface area contributed by atoms with E-state index in [1.807, 2.05) is 0 Å². The first kappa shape index (κ1) is 15.9. The Kier molecular flexibility index (Phi) is 4.58. The number of hydrogen-bond donors (Lipinski definition) is 3. The summed E-state index contributed by atoms with van der Waals surface area (Å²) >= 11 is 11.4. The van der Waals surface area contributed by atoms with Crippen molar-refractivity contribution in [2.24, 2.45) is 16.3 Å². The molecule has 1 aromatic rings. The van der Waals surface area contributed by atoms with Gasteiger partial charge in [0.25, 0.3) is 0 Å². The van der Waals surface area contributed by atoms with Gasteiger partial charge in [-0.15, -0.1) is 0 Å². The van der Waals surface area contributed by atoms with Crippen molar-refractivity contribution < 1.29 is 14.4 Å². The average Bonchev–Trinajstić information content (AvgIpc) is 2.94. The number of nitrogens with zero attached hydrogens (tertiary/aromatic N) is 1. The number of amides is 1. The molecule has 2 rings (SSSR count). The molecule has 4 N–H and O–H groups in total. The number of hydrogen-bond acceptors (Lipinski definition) is 3. The van der Waals surface area contributed by atoms with Crippen LogP contribution in [0.15, 0.2) is 17.3 Å². The van der Waals surface area contributed by atoms with Crippen molar-refractivity contribution in [2.45, 2.75) is 25.7 Å². The number of amidine groups is 1. The van der Waals surface area contributed by atoms with Crippen LogP contribution < -0.4 is 11.1 Å². The minimum atomic E-state index is -1.05. The number of nitrogens with two attached hydrogens (primary N) is 1. The van der Waals surface area contributed by atoms with Crippen molar-refractivity contribution in [1.82, 2.24) is 0 Å². The van der Waals surface area contributed by atoms with Gasteiger partial charge in [0.1, 0.15) is 5.41 Å². The topological polar surface area (TPSA) is 87.7 Å². The van der Waals surface area contributed by atoms with E-state index in [0.717, 1.165) is 12.8 Å². The van der Waals surface area contributed by atoms with E-state index in [1.165, 1.54) is 12.1 Å². The molecular formula is C13H14Cl2FN3O2. The van der Waals surface area contributed by atoms with E-state index in [4.69, 9.17) is 34.1 Å². The first-order valence-corrected chi connectivity index (χ1v) is 7.10. The van der Waals surface area contributed by atoms with Crippen LogP contribution in [-0.2, 0) is 4.79 Å². The molecule has 0 bridgehead atoms. The highest BCUT2D eigenvalue weighted by Crippen LogP contribution is 2.40. The van der Waals surface area contributed by atoms with Crippen LogP contribution >= 0.6 is 23.2 Å². The summed E-state index contributed by atoms with van der Waals surface area (Å²) in [6, 6.07) is 2.52. The van der Waals surface area contributed by atoms with Crippen LogP contribution in [0.5, 0.6) is 0 Å². The molecule has 0 saturated heterocycles. The first-order chi connectivity index (χ1) is 9.90. The highest BCUT2D eigenvalue weighted by molar-refractivity contribution is 6.35. The maximum absolute atomic E-state index is 13.4. The van der Waals surface area contributed by atoms with Crippen LogP contribution in [0.25, 0.3) is 0 Å². The molecule has 0 unspecified atom stereocenters. The molecule has 21 heavy (non-hydrogen) atoms. The lowest BCUT2D eigenvalue weighted by Crippen LogP contribution is -2.45. The highest BCUT2D eigenvalue weighted by Gasteiger charge is 2.45. The number of carbonyl (C=O) groups excluding carboxylic acids is 1. The van der Waals surface area contributed by atoms with Gasteiger partial charge in [-0.1, -0.05) is 41.2 Å². The Labute approximate surface area is 130 Å². The van der Waals surface area contributed by atoms with Crippen LogP contribution in [0.2, 0.25) is 10.0 Å². The number of halogens is 3. The molecule has 1 saturated carbocycles. The van der Waals surface area contributed by atoms with Crippen molar-refractivity contribution >= 4 is 40.6 Å². The molecule has 1 amide bonds. The van der Waals surface area contributed by atoms with E-state index in [1.54, 1.807) is 0 Å². The van der Waals surface area contributed by atoms with Gasteiger partial charge in [-0.05, 0) is 25.0 Å². The van der Waals surface area contributed by atoms with Crippen LogP contribution in [0.3, 0.4) is 0 Å². The molecule has 1 aliphatic rings. The second-order valence-electron chi connectivity index (χ2n) is 4.98. The molecule has 0 spiro atoms. The summed E-state index contributed by atoms with van der Waals surface area (Å²) in [6.07, 6.45) is 2.57. The molecule has 5 nitrogen and oxygen atoms in total. The number of rotatable bonds is 3. The van der Waals surface area contributed by atoms with Crippen LogP contribution in [0.1, 0.15) is 25.7 Å². The Balaban J connectivity index is 2.28. The number of benzene rings is 1. The van der Waals surface area contributed by atoms with Crippen molar-refractivity contribution in [2.75, 3.05) is 5.32 Å². The Bertz CT molecular complexity index is 578. The van der Waals surface area contributed by atoms with E-state index in [2.05, 4.69) is 10.5 Å². The van der Waals surface area contributed by atoms with Crippen LogP contribution in [-0.4, -0.2) is 17.0 Å². The number of oxime groups is 1. The maximum Gasteiger partial charge on any atom is 0.238 e. The van der Waals surface area contributed by atoms with Gasteiger partial charge in [0.05, 0.1) is 10.0 Å². The fraction of sp³-hybridized carbons (Fsp3) is 0.385. The lowest BCUT2D eigenvalue weighted by molar-refractivity contribution is -0.122. The average molecular weight is 334 g/mol. The summed E-state index contributed by atoms with van der Waals surface area (Å²) < 4.78 is 13.4. The normalized spacial score (nSPS) is 17.8. The summed E-state index contributed by atoms with van der Waals surface area (Å²) in [5.41, 5.74) is 4.88. The second kappa shape index (κ2) is 6.07. The van der Waals surface area contributed by atoms with Crippen LogP contribution in [0.4, 0.5) is 10.1 Å². The number of anilines is 1. The van der Waals surface area contributed by atoms with Gasteiger partial charge in [0, 0.05) is 5.69 Å². The lowest BCUT2D eigenvalue weighted by atomic mass is 9.83. The summed E-state index contributed by atoms with van der Waals surface area (Å²) in [4.78, 5) is 12.5. The maximum atomic E-state index is 13.4. The van der Waals surface area contributed by atoms with Gasteiger partial charge in [0.15, 0.2) is 11.7 Å². The predicted octanol–water partition coefficient (Wildman–Crippen LogP) is 3.38. The SMILES string of the molecule is N/C(=N/O)C1(C(=O)Nc2cc(Cl)c(F)c(Cl)c2)CCCC1. The van der Waals surface area contributed by atoms with Crippen molar-refractivity contribution in [1.29, 1.82) is 0 Å². The fourth-order valence-electron chi connectivity index (χ4n) is 2.55. The van der Waals surface area contributed by atoms with E-state index < -0.39 is 17.1 Å². The van der Waals surface area contributed by atoms with E-state index in [9.17, 15) is 9.18 Å². The van der Waals surface area contributed by atoms with Crippen molar-refractivity contribution in [3.8, 4) is 0 Å². The summed E-state index contributed by atoms with van der Waals surface area (Å²) in [5.74, 6) is -1.30. The molecule has 1 fully saturated rings. The van der Waals surface area contributed by atoms with Gasteiger partial charge >= 0.3 is 0 Å². The number of nitrogens with one attached hydrogen (secondary N) is 1. The molecule has 1 aliphatic carbocycles. The lowest BCUT2D eigenvalue weighted by Gasteiger charge is -2.26. The van der Waals surface area contributed by atoms with Gasteiger partial charge < -0.3 is 16.3 Å². The third kappa shape index (κ3) is 2.91. The Morgan fingerprint density at radius 3 is 2.33 bits per heavy atom. The zero-order valence-electron chi connectivity index (χ0n) is 11.0. The minimum Gasteiger partial charge on any atom is -0.409 e. The Morgan fingerprint density at radius 2 is 1.86 bits per heavy atom. The van der Waals surface area contributed by atoms with E-state index in [-0.39, 0.29) is 21.6 Å². The largest absolute Gasteiger partial charge is 0.409 e. The standard InChI is InChI=1S/C13H14Cl2FN3O2/c14-8-5-7(6-9(15)10(8)16)18-12(20)13(11(17)19-21)3-1-2-4-13/h5-6,21H,1-4H2,(H2,17,19)(H,18,20). The molecule has 0 aromatic heterocycles. The zero-order valence-corrected chi connectivity index (χ0v) is 12.5. The molecule has 8 heteroatoms. The first-order valence-electron chi connectivity index (χ1n) is 6.35. The van der Waals surface area contributed by atoms with Crippen molar-refractivity contribution in [3.63, 3.8) is 0 Å². The zero-order chi connectivity index (χ0) is 15.6. The van der Waals surface area contributed by atoms with Gasteiger partial charge in [-0.3, -0.25) is 4.79 Å². The molecule has 0 aliphatic heterocycles. The van der Waals surface area contributed by atoms with Crippen molar-refractivity contribution in [3.05, 3.63) is 28.0 Å². The Morgan fingerprint density at radius 1 is 1.33 bits per heavy atom. The Hall–Kier alpha value is -1.53. The van der Waals surface area contributed by atoms with Gasteiger partial charge in [0.2, 0.25) is 5.91 Å². The van der Waals surface area contributed by atoms with Crippen LogP contribution in [0, 0.1) is 11.2 Å². The fourth-order valence-corrected chi connectivity index (χ4v) is 3.04. The van der Waals surface area contributed by atoms with E-state index in [0.29, 0.717) is 12.8 Å². The minimum absolute atomic E-state index is 0.128. The molecule has 114 valence electrons. The number of carbonyl (C=O) groups is 1. The quantitative estimate of drug-likeness (QED) is 0.260. The smallest absolute Gasteiger partial charge is 0.238 e. The monoisotopic (exact) mass is 333 g/mol. The highest BCUT2D eigenvalue weighted by atomic mass is 35.5. The third-order valence-electron chi connectivity index (χ3n) is 3.73. The third-order valence-corrected chi connectivity index (χ3v) is 4.28. The second-order valence-corrected chi connectivity index (χ2v) is 5.80. The summed E-state index contributed by atoms with van der Waals surface area (Å²) in [5, 5.41) is 14.1. The predicted molar refractivity (Wildman–Crippen MR) is 79.4 cm³/mol. The molecule has 0 radical (unpaired) electrons. The summed E-state index contributed by atoms with van der Waals surface area (Å²) in [7, 11) is 0. The molecule has 0 atom stereocenters. The molecular weight excluding hydrogens is 320 g/mol. The molecule has 0 heterocycles. The van der Waals surface area contributed by atoms with E-state index >= 15 is 0 Å². The molecule has 1 aromatic carbocycles. The summed E-state index contributed by atoms with van der Waals surface area (Å²) in [6.45, 7) is 0. The van der Waals surface area contributed by atoms with Gasteiger partial charge in [-0.25, -0.2) is 4.39 Å².